The molecule has 0 spiro atoms. The fourth-order valence-electron chi connectivity index (χ4n) is 0.871. The summed E-state index contributed by atoms with van der Waals surface area (Å²) in [7, 11) is 0. The van der Waals surface area contributed by atoms with Gasteiger partial charge < -0.3 is 5.73 Å². The van der Waals surface area contributed by atoms with Gasteiger partial charge in [-0.25, -0.2) is 9.97 Å². The summed E-state index contributed by atoms with van der Waals surface area (Å²) in [5.41, 5.74) is 6.25. The highest BCUT2D eigenvalue weighted by atomic mass is 127. The van der Waals surface area contributed by atoms with Crippen LogP contribution in [-0.2, 0) is 0 Å². The smallest absolute Gasteiger partial charge is 0.181 e. The number of hydrogen-bond acceptors (Lipinski definition) is 4. The number of rotatable bonds is 0. The Morgan fingerprint density at radius 3 is 3.00 bits per heavy atom. The Morgan fingerprint density at radius 1 is 1.58 bits per heavy atom. The van der Waals surface area contributed by atoms with E-state index >= 15 is 0 Å². The van der Waals surface area contributed by atoms with Crippen molar-refractivity contribution in [1.29, 1.82) is 0 Å². The molecule has 2 aromatic rings. The van der Waals surface area contributed by atoms with E-state index in [4.69, 9.17) is 17.3 Å². The molecule has 0 unspecified atom stereocenters. The summed E-state index contributed by atoms with van der Waals surface area (Å²) in [5.74, 6) is 0. The highest BCUT2D eigenvalue weighted by Gasteiger charge is 2.08. The maximum Gasteiger partial charge on any atom is 0.181 e. The van der Waals surface area contributed by atoms with Crippen LogP contribution in [0.4, 0.5) is 5.13 Å². The van der Waals surface area contributed by atoms with Crippen LogP contribution in [0.3, 0.4) is 0 Å². The Morgan fingerprint density at radius 2 is 2.33 bits per heavy atom. The van der Waals surface area contributed by atoms with E-state index in [2.05, 4.69) is 32.6 Å². The quantitative estimate of drug-likeness (QED) is 0.601. The Balaban J connectivity index is 2.93. The molecule has 6 heteroatoms. The van der Waals surface area contributed by atoms with Crippen molar-refractivity contribution >= 4 is 60.9 Å². The lowest BCUT2D eigenvalue weighted by Crippen LogP contribution is -1.82. The molecule has 0 saturated heterocycles. The summed E-state index contributed by atoms with van der Waals surface area (Å²) in [6, 6.07) is 0. The van der Waals surface area contributed by atoms with E-state index in [1.807, 2.05) is 0 Å². The van der Waals surface area contributed by atoms with Crippen molar-refractivity contribution in [2.75, 3.05) is 5.73 Å². The van der Waals surface area contributed by atoms with Gasteiger partial charge in [0, 0.05) is 6.20 Å². The number of nitrogen functional groups attached to an aromatic ring is 1. The van der Waals surface area contributed by atoms with E-state index in [-0.39, 0.29) is 0 Å². The van der Waals surface area contributed by atoms with Crippen molar-refractivity contribution in [3.63, 3.8) is 0 Å². The van der Waals surface area contributed by atoms with Gasteiger partial charge in [-0.2, -0.15) is 0 Å². The van der Waals surface area contributed by atoms with Crippen LogP contribution in [0.5, 0.6) is 0 Å². The third-order valence-electron chi connectivity index (χ3n) is 1.35. The lowest BCUT2D eigenvalue weighted by atomic mass is 10.4. The van der Waals surface area contributed by atoms with Gasteiger partial charge >= 0.3 is 0 Å². The maximum absolute atomic E-state index is 5.82. The highest BCUT2D eigenvalue weighted by Crippen LogP contribution is 2.31. The minimum atomic E-state index is 0.415. The molecule has 0 fully saturated rings. The van der Waals surface area contributed by atoms with Crippen molar-refractivity contribution in [1.82, 2.24) is 9.97 Å². The molecule has 0 saturated carbocycles. The number of aromatic nitrogens is 2. The Bertz CT molecular complexity index is 403. The largest absolute Gasteiger partial charge is 0.375 e. The van der Waals surface area contributed by atoms with Crippen molar-refractivity contribution in [3.8, 4) is 0 Å². The summed E-state index contributed by atoms with van der Waals surface area (Å²) >= 11 is 9.43. The number of nitrogens with two attached hydrogens (primary N) is 1. The SMILES string of the molecule is Nc1nc2c(Cl)ncc(I)c2s1. The summed E-state index contributed by atoms with van der Waals surface area (Å²) < 4.78 is 2.04. The van der Waals surface area contributed by atoms with Gasteiger partial charge in [-0.05, 0) is 22.6 Å². The molecule has 12 heavy (non-hydrogen) atoms. The molecule has 0 aromatic carbocycles. The first-order valence-corrected chi connectivity index (χ1v) is 5.32. The molecule has 0 aliphatic heterocycles. The second-order valence-electron chi connectivity index (χ2n) is 2.13. The molecule has 2 rings (SSSR count). The number of anilines is 1. The molecule has 3 nitrogen and oxygen atoms in total. The predicted molar refractivity (Wildman–Crippen MR) is 59.6 cm³/mol. The van der Waals surface area contributed by atoms with Gasteiger partial charge in [-0.3, -0.25) is 0 Å². The molecule has 0 aliphatic rings. The first kappa shape index (κ1) is 8.46. The number of pyridine rings is 1. The van der Waals surface area contributed by atoms with Crippen molar-refractivity contribution in [3.05, 3.63) is 14.9 Å². The first-order valence-electron chi connectivity index (χ1n) is 3.04. The molecule has 0 bridgehead atoms. The first-order chi connectivity index (χ1) is 5.68. The Hall–Kier alpha value is -0.140. The van der Waals surface area contributed by atoms with Gasteiger partial charge in [0.05, 0.1) is 8.27 Å². The Kier molecular flexibility index (Phi) is 2.09. The third-order valence-corrected chi connectivity index (χ3v) is 3.73. The Labute approximate surface area is 91.1 Å². The molecular formula is C6H3ClIN3S. The van der Waals surface area contributed by atoms with Gasteiger partial charge in [0.1, 0.15) is 5.52 Å². The predicted octanol–water partition coefficient (Wildman–Crippen LogP) is 2.53. The van der Waals surface area contributed by atoms with Crippen LogP contribution in [-0.4, -0.2) is 9.97 Å². The molecule has 2 heterocycles. The normalized spacial score (nSPS) is 10.8. The molecule has 62 valence electrons. The minimum Gasteiger partial charge on any atom is -0.375 e. The summed E-state index contributed by atoms with van der Waals surface area (Å²) in [6.07, 6.45) is 1.71. The van der Waals surface area contributed by atoms with E-state index in [1.165, 1.54) is 11.3 Å². The average Bonchev–Trinajstić information content (AvgIpc) is 2.41. The van der Waals surface area contributed by atoms with Crippen LogP contribution in [0.1, 0.15) is 0 Å². The lowest BCUT2D eigenvalue weighted by Gasteiger charge is -1.92. The van der Waals surface area contributed by atoms with Crippen LogP contribution in [0, 0.1) is 3.57 Å². The monoisotopic (exact) mass is 311 g/mol. The number of hydrogen-bond donors (Lipinski definition) is 1. The van der Waals surface area contributed by atoms with E-state index in [1.54, 1.807) is 6.20 Å². The summed E-state index contributed by atoms with van der Waals surface area (Å²) in [5, 5.41) is 0.941. The van der Waals surface area contributed by atoms with E-state index in [9.17, 15) is 0 Å². The van der Waals surface area contributed by atoms with Crippen LogP contribution >= 0.6 is 45.5 Å². The van der Waals surface area contributed by atoms with Crippen molar-refractivity contribution < 1.29 is 0 Å². The highest BCUT2D eigenvalue weighted by molar-refractivity contribution is 14.1. The molecule has 0 atom stereocenters. The molecular weight excluding hydrogens is 309 g/mol. The van der Waals surface area contributed by atoms with Crippen LogP contribution in [0.25, 0.3) is 10.2 Å². The molecule has 0 aliphatic carbocycles. The zero-order chi connectivity index (χ0) is 8.72. The van der Waals surface area contributed by atoms with Crippen molar-refractivity contribution in [2.45, 2.75) is 0 Å². The van der Waals surface area contributed by atoms with E-state index < -0.39 is 0 Å². The fourth-order valence-corrected chi connectivity index (χ4v) is 2.57. The lowest BCUT2D eigenvalue weighted by molar-refractivity contribution is 1.32. The van der Waals surface area contributed by atoms with Crippen LogP contribution < -0.4 is 5.73 Å². The molecule has 0 radical (unpaired) electrons. The summed E-state index contributed by atoms with van der Waals surface area (Å²) in [6.45, 7) is 0. The second kappa shape index (κ2) is 2.97. The van der Waals surface area contributed by atoms with E-state index in [0.717, 1.165) is 8.27 Å². The number of fused-ring (bicyclic) bond motifs is 1. The van der Waals surface area contributed by atoms with E-state index in [0.29, 0.717) is 15.8 Å². The fraction of sp³-hybridized carbons (Fsp3) is 0. The number of nitrogens with zero attached hydrogens (tertiary/aromatic N) is 2. The standard InChI is InChI=1S/C6H3ClIN3S/c7-5-3-4(2(8)1-10-5)12-6(9)11-3/h1H,(H2,9,11). The maximum atomic E-state index is 5.82. The van der Waals surface area contributed by atoms with Crippen LogP contribution in [0.2, 0.25) is 5.15 Å². The van der Waals surface area contributed by atoms with Crippen molar-refractivity contribution in [2.24, 2.45) is 0 Å². The van der Waals surface area contributed by atoms with Gasteiger partial charge in [-0.1, -0.05) is 22.9 Å². The van der Waals surface area contributed by atoms with Gasteiger partial charge in [-0.15, -0.1) is 0 Å². The van der Waals surface area contributed by atoms with Crippen LogP contribution in [0.15, 0.2) is 6.20 Å². The van der Waals surface area contributed by atoms with Gasteiger partial charge in [0.15, 0.2) is 10.3 Å². The van der Waals surface area contributed by atoms with Gasteiger partial charge in [0.25, 0.3) is 0 Å². The number of thiazole rings is 1. The molecule has 2 aromatic heterocycles. The average molecular weight is 312 g/mol. The zero-order valence-corrected chi connectivity index (χ0v) is 9.44. The van der Waals surface area contributed by atoms with Gasteiger partial charge in [0.2, 0.25) is 0 Å². The zero-order valence-electron chi connectivity index (χ0n) is 5.71. The third kappa shape index (κ3) is 1.25. The summed E-state index contributed by atoms with van der Waals surface area (Å²) in [4.78, 5) is 8.04. The molecule has 0 amide bonds. The topological polar surface area (TPSA) is 51.8 Å². The second-order valence-corrected chi connectivity index (χ2v) is 4.68. The molecule has 2 N–H and O–H groups in total. The minimum absolute atomic E-state index is 0.415. The number of halogens is 2.